The van der Waals surface area contributed by atoms with Crippen LogP contribution >= 0.6 is 0 Å². The van der Waals surface area contributed by atoms with Crippen LogP contribution in [0, 0.1) is 0 Å². The zero-order valence-corrected chi connectivity index (χ0v) is 9.85. The normalized spacial score (nSPS) is 12.2. The second kappa shape index (κ2) is 7.01. The Hall–Kier alpha value is -1.43. The molecule has 4 N–H and O–H groups in total. The van der Waals surface area contributed by atoms with Gasteiger partial charge in [-0.15, -0.1) is 0 Å². The van der Waals surface area contributed by atoms with E-state index in [0.717, 1.165) is 5.56 Å². The lowest BCUT2D eigenvalue weighted by molar-refractivity contribution is 0.0839. The number of carbonyl (C=O) groups excluding carboxylic acids is 1. The molecule has 1 amide bonds. The van der Waals surface area contributed by atoms with E-state index in [1.54, 1.807) is 24.3 Å². The molecule has 1 aromatic rings. The van der Waals surface area contributed by atoms with E-state index in [2.05, 4.69) is 5.32 Å². The van der Waals surface area contributed by atoms with Gasteiger partial charge in [0, 0.05) is 19.2 Å². The fraction of sp³-hybridized carbons (Fsp3) is 0.417. The first-order valence-electron chi connectivity index (χ1n) is 5.41. The molecule has 1 aromatic carbocycles. The highest BCUT2D eigenvalue weighted by Gasteiger charge is 2.12. The van der Waals surface area contributed by atoms with Gasteiger partial charge in [0.15, 0.2) is 0 Å². The summed E-state index contributed by atoms with van der Waals surface area (Å²) >= 11 is 0. The summed E-state index contributed by atoms with van der Waals surface area (Å²) in [5.41, 5.74) is 6.98. The molecule has 0 radical (unpaired) electrons. The first-order valence-corrected chi connectivity index (χ1v) is 5.41. The number of nitrogens with two attached hydrogens (primary N) is 1. The van der Waals surface area contributed by atoms with Crippen molar-refractivity contribution in [2.24, 2.45) is 5.73 Å². The number of nitrogens with one attached hydrogen (secondary N) is 1. The van der Waals surface area contributed by atoms with E-state index in [4.69, 9.17) is 15.6 Å². The van der Waals surface area contributed by atoms with Gasteiger partial charge in [0.05, 0.1) is 19.3 Å². The smallest absolute Gasteiger partial charge is 0.251 e. The van der Waals surface area contributed by atoms with E-state index >= 15 is 0 Å². The summed E-state index contributed by atoms with van der Waals surface area (Å²) in [6, 6.07) is 6.64. The minimum Gasteiger partial charge on any atom is -0.394 e. The lowest BCUT2D eigenvalue weighted by Crippen LogP contribution is -2.40. The molecule has 0 heterocycles. The summed E-state index contributed by atoms with van der Waals surface area (Å²) in [5, 5.41) is 11.7. The molecule has 0 aliphatic rings. The monoisotopic (exact) mass is 238 g/mol. The van der Waals surface area contributed by atoms with Gasteiger partial charge in [0.1, 0.15) is 0 Å². The summed E-state index contributed by atoms with van der Waals surface area (Å²) in [4.78, 5) is 11.8. The average Bonchev–Trinajstić information content (AvgIpc) is 2.38. The van der Waals surface area contributed by atoms with Gasteiger partial charge < -0.3 is 20.9 Å². The fourth-order valence-electron chi connectivity index (χ4n) is 1.40. The Balaban J connectivity index is 2.62. The average molecular weight is 238 g/mol. The first kappa shape index (κ1) is 13.6. The molecule has 0 fully saturated rings. The van der Waals surface area contributed by atoms with Crippen molar-refractivity contribution in [2.45, 2.75) is 12.6 Å². The molecule has 94 valence electrons. The summed E-state index contributed by atoms with van der Waals surface area (Å²) in [6.45, 7) is 0.578. The number of ether oxygens (including phenoxy) is 1. The van der Waals surface area contributed by atoms with Crippen LogP contribution in [0.4, 0.5) is 0 Å². The molecule has 0 aliphatic carbocycles. The van der Waals surface area contributed by atoms with Crippen LogP contribution in [0.5, 0.6) is 0 Å². The van der Waals surface area contributed by atoms with Crippen LogP contribution < -0.4 is 11.1 Å². The number of aliphatic hydroxyl groups is 1. The molecular weight excluding hydrogens is 220 g/mol. The molecular formula is C12H18N2O3. The van der Waals surface area contributed by atoms with Crippen LogP contribution in [-0.2, 0) is 11.3 Å². The molecule has 0 aromatic heterocycles. The zero-order valence-electron chi connectivity index (χ0n) is 9.85. The SMILES string of the molecule is COCC(CO)NC(=O)c1ccc(CN)cc1. The second-order valence-corrected chi connectivity index (χ2v) is 3.71. The van der Waals surface area contributed by atoms with Gasteiger partial charge in [-0.1, -0.05) is 12.1 Å². The van der Waals surface area contributed by atoms with Gasteiger partial charge in [-0.05, 0) is 17.7 Å². The molecule has 1 rings (SSSR count). The van der Waals surface area contributed by atoms with Gasteiger partial charge in [-0.2, -0.15) is 0 Å². The maximum atomic E-state index is 11.8. The highest BCUT2D eigenvalue weighted by atomic mass is 16.5. The molecule has 0 aliphatic heterocycles. The summed E-state index contributed by atoms with van der Waals surface area (Å²) in [5.74, 6) is -0.232. The van der Waals surface area contributed by atoms with Crippen LogP contribution in [-0.4, -0.2) is 37.4 Å². The van der Waals surface area contributed by atoms with Crippen molar-refractivity contribution >= 4 is 5.91 Å². The zero-order chi connectivity index (χ0) is 12.7. The largest absolute Gasteiger partial charge is 0.394 e. The lowest BCUT2D eigenvalue weighted by Gasteiger charge is -2.15. The molecule has 1 atom stereocenters. The third-order valence-electron chi connectivity index (χ3n) is 2.38. The van der Waals surface area contributed by atoms with Crippen molar-refractivity contribution in [3.8, 4) is 0 Å². The topological polar surface area (TPSA) is 84.6 Å². The van der Waals surface area contributed by atoms with E-state index in [0.29, 0.717) is 12.1 Å². The lowest BCUT2D eigenvalue weighted by atomic mass is 10.1. The van der Waals surface area contributed by atoms with Crippen molar-refractivity contribution in [2.75, 3.05) is 20.3 Å². The predicted molar refractivity (Wildman–Crippen MR) is 64.5 cm³/mol. The molecule has 1 unspecified atom stereocenters. The van der Waals surface area contributed by atoms with Crippen molar-refractivity contribution in [1.29, 1.82) is 0 Å². The summed E-state index contributed by atoms with van der Waals surface area (Å²) < 4.78 is 4.88. The molecule has 5 heteroatoms. The molecule has 17 heavy (non-hydrogen) atoms. The van der Waals surface area contributed by atoms with Gasteiger partial charge in [-0.3, -0.25) is 4.79 Å². The fourth-order valence-corrected chi connectivity index (χ4v) is 1.40. The Morgan fingerprint density at radius 1 is 1.47 bits per heavy atom. The van der Waals surface area contributed by atoms with Gasteiger partial charge >= 0.3 is 0 Å². The minimum atomic E-state index is -0.387. The van der Waals surface area contributed by atoms with Crippen LogP contribution in [0.15, 0.2) is 24.3 Å². The standard InChI is InChI=1S/C12H18N2O3/c1-17-8-11(7-15)14-12(16)10-4-2-9(6-13)3-5-10/h2-5,11,15H,6-8,13H2,1H3,(H,14,16). The number of benzene rings is 1. The minimum absolute atomic E-state index is 0.152. The van der Waals surface area contributed by atoms with E-state index in [9.17, 15) is 4.79 Å². The molecule has 0 saturated heterocycles. The Kier molecular flexibility index (Phi) is 5.62. The summed E-state index contributed by atoms with van der Waals surface area (Å²) in [7, 11) is 1.52. The predicted octanol–water partition coefficient (Wildman–Crippen LogP) is -0.118. The third-order valence-corrected chi connectivity index (χ3v) is 2.38. The summed E-state index contributed by atoms with van der Waals surface area (Å²) in [6.07, 6.45) is 0. The number of hydrogen-bond donors (Lipinski definition) is 3. The Morgan fingerprint density at radius 3 is 2.59 bits per heavy atom. The number of rotatable bonds is 6. The van der Waals surface area contributed by atoms with E-state index in [1.807, 2.05) is 0 Å². The van der Waals surface area contributed by atoms with Crippen molar-refractivity contribution < 1.29 is 14.6 Å². The Bertz CT molecular complexity index is 351. The number of carbonyl (C=O) groups is 1. The Labute approximate surface area is 101 Å². The van der Waals surface area contributed by atoms with Gasteiger partial charge in [0.2, 0.25) is 0 Å². The highest BCUT2D eigenvalue weighted by Crippen LogP contribution is 2.04. The first-order chi connectivity index (χ1) is 8.21. The number of amides is 1. The van der Waals surface area contributed by atoms with E-state index in [1.165, 1.54) is 7.11 Å². The maximum absolute atomic E-state index is 11.8. The van der Waals surface area contributed by atoms with Crippen molar-refractivity contribution in [3.63, 3.8) is 0 Å². The quantitative estimate of drug-likeness (QED) is 0.645. The number of methoxy groups -OCH3 is 1. The van der Waals surface area contributed by atoms with Crippen LogP contribution in [0.2, 0.25) is 0 Å². The van der Waals surface area contributed by atoms with Crippen LogP contribution in [0.25, 0.3) is 0 Å². The van der Waals surface area contributed by atoms with Crippen molar-refractivity contribution in [3.05, 3.63) is 35.4 Å². The van der Waals surface area contributed by atoms with E-state index in [-0.39, 0.29) is 25.2 Å². The van der Waals surface area contributed by atoms with E-state index < -0.39 is 0 Å². The van der Waals surface area contributed by atoms with Crippen molar-refractivity contribution in [1.82, 2.24) is 5.32 Å². The molecule has 0 bridgehead atoms. The number of hydrogen-bond acceptors (Lipinski definition) is 4. The van der Waals surface area contributed by atoms with Gasteiger partial charge in [-0.25, -0.2) is 0 Å². The molecule has 5 nitrogen and oxygen atoms in total. The second-order valence-electron chi connectivity index (χ2n) is 3.71. The highest BCUT2D eigenvalue weighted by molar-refractivity contribution is 5.94. The molecule has 0 spiro atoms. The third kappa shape index (κ3) is 4.14. The maximum Gasteiger partial charge on any atom is 0.251 e. The molecule has 0 saturated carbocycles. The number of aliphatic hydroxyl groups excluding tert-OH is 1. The van der Waals surface area contributed by atoms with Gasteiger partial charge in [0.25, 0.3) is 5.91 Å². The van der Waals surface area contributed by atoms with Crippen LogP contribution in [0.1, 0.15) is 15.9 Å². The Morgan fingerprint density at radius 2 is 2.12 bits per heavy atom. The van der Waals surface area contributed by atoms with Crippen LogP contribution in [0.3, 0.4) is 0 Å².